The van der Waals surface area contributed by atoms with E-state index in [0.717, 1.165) is 6.42 Å². The maximum absolute atomic E-state index is 11.7. The van der Waals surface area contributed by atoms with E-state index in [4.69, 9.17) is 4.74 Å². The van der Waals surface area contributed by atoms with E-state index in [1.807, 2.05) is 6.92 Å². The van der Waals surface area contributed by atoms with E-state index in [2.05, 4.69) is 5.32 Å². The van der Waals surface area contributed by atoms with Gasteiger partial charge in [0, 0.05) is 13.1 Å². The molecule has 1 rings (SSSR count). The highest BCUT2D eigenvalue weighted by molar-refractivity contribution is 5.69. The van der Waals surface area contributed by atoms with Gasteiger partial charge in [-0.1, -0.05) is 0 Å². The van der Waals surface area contributed by atoms with Crippen molar-refractivity contribution < 1.29 is 19.4 Å². The smallest absolute Gasteiger partial charge is 0.408 e. The fourth-order valence-electron chi connectivity index (χ4n) is 2.05. The summed E-state index contributed by atoms with van der Waals surface area (Å²) in [5.41, 5.74) is -1.16. The van der Waals surface area contributed by atoms with Crippen molar-refractivity contribution in [2.75, 3.05) is 13.1 Å². The first-order chi connectivity index (χ1) is 8.11. The number of rotatable bonds is 1. The third kappa shape index (κ3) is 4.43. The average molecular weight is 257 g/mol. The molecule has 1 fully saturated rings. The van der Waals surface area contributed by atoms with E-state index < -0.39 is 23.3 Å². The number of carbonyl (C=O) groups excluding carboxylic acids is 2. The Morgan fingerprint density at radius 3 is 2.50 bits per heavy atom. The standard InChI is InChI=1S/C12H22N2O4/c1-11(2,3)18-9(15)13-12(4)6-5-7-14(8-12)10(16)17/h5-8H2,1-4H3,(H,13,15)(H,16,17)/p-1/t12-/m1/s1. The molecule has 1 aliphatic heterocycles. The minimum atomic E-state index is -1.20. The van der Waals surface area contributed by atoms with E-state index in [9.17, 15) is 14.7 Å². The van der Waals surface area contributed by atoms with Crippen molar-refractivity contribution in [3.63, 3.8) is 0 Å². The Balaban J connectivity index is 2.59. The van der Waals surface area contributed by atoms with Crippen LogP contribution in [0.4, 0.5) is 9.59 Å². The van der Waals surface area contributed by atoms with Gasteiger partial charge in [-0.3, -0.25) is 0 Å². The number of carboxylic acid groups (broad SMARTS) is 1. The molecule has 1 heterocycles. The molecule has 18 heavy (non-hydrogen) atoms. The second kappa shape index (κ2) is 5.04. The molecule has 0 spiro atoms. The van der Waals surface area contributed by atoms with Crippen LogP contribution in [0.1, 0.15) is 40.5 Å². The van der Waals surface area contributed by atoms with Crippen molar-refractivity contribution in [2.45, 2.75) is 51.7 Å². The third-order valence-corrected chi connectivity index (χ3v) is 2.76. The van der Waals surface area contributed by atoms with Gasteiger partial charge in [0.1, 0.15) is 11.7 Å². The van der Waals surface area contributed by atoms with Gasteiger partial charge < -0.3 is 24.9 Å². The molecule has 104 valence electrons. The topological polar surface area (TPSA) is 81.7 Å². The average Bonchev–Trinajstić information content (AvgIpc) is 2.12. The van der Waals surface area contributed by atoms with Crippen LogP contribution in [0.3, 0.4) is 0 Å². The van der Waals surface area contributed by atoms with E-state index in [1.54, 1.807) is 20.8 Å². The maximum atomic E-state index is 11.7. The largest absolute Gasteiger partial charge is 0.530 e. The molecule has 0 radical (unpaired) electrons. The molecule has 2 amide bonds. The van der Waals surface area contributed by atoms with Crippen molar-refractivity contribution in [1.29, 1.82) is 0 Å². The lowest BCUT2D eigenvalue weighted by molar-refractivity contribution is -0.267. The molecule has 0 unspecified atom stereocenters. The van der Waals surface area contributed by atoms with Gasteiger partial charge in [-0.25, -0.2) is 4.79 Å². The summed E-state index contributed by atoms with van der Waals surface area (Å²) in [6.45, 7) is 7.84. The van der Waals surface area contributed by atoms with Crippen LogP contribution in [-0.2, 0) is 4.74 Å². The molecule has 0 aromatic rings. The lowest BCUT2D eigenvalue weighted by atomic mass is 9.91. The van der Waals surface area contributed by atoms with Crippen molar-refractivity contribution >= 4 is 12.2 Å². The Labute approximate surface area is 107 Å². The minimum absolute atomic E-state index is 0.231. The fraction of sp³-hybridized carbons (Fsp3) is 0.833. The monoisotopic (exact) mass is 257 g/mol. The van der Waals surface area contributed by atoms with E-state index in [1.165, 1.54) is 4.90 Å². The molecule has 6 nitrogen and oxygen atoms in total. The first kappa shape index (κ1) is 14.6. The summed E-state index contributed by atoms with van der Waals surface area (Å²) in [6, 6.07) is 0. The second-order valence-corrected chi connectivity index (χ2v) is 5.98. The number of nitrogens with zero attached hydrogens (tertiary/aromatic N) is 1. The number of carbonyl (C=O) groups is 2. The van der Waals surface area contributed by atoms with Gasteiger partial charge in [0.05, 0.1) is 5.54 Å². The lowest BCUT2D eigenvalue weighted by Crippen LogP contribution is -2.60. The molecular weight excluding hydrogens is 236 g/mol. The predicted molar refractivity (Wildman–Crippen MR) is 64.0 cm³/mol. The summed E-state index contributed by atoms with van der Waals surface area (Å²) in [4.78, 5) is 23.7. The Bertz CT molecular complexity index is 337. The number of hydrogen-bond donors (Lipinski definition) is 1. The highest BCUT2D eigenvalue weighted by Crippen LogP contribution is 2.21. The number of amides is 2. The highest BCUT2D eigenvalue weighted by atomic mass is 16.6. The SMILES string of the molecule is CC(C)(C)OC(=O)N[C@]1(C)CCCN(C(=O)[O-])C1. The zero-order valence-electron chi connectivity index (χ0n) is 11.4. The van der Waals surface area contributed by atoms with Crippen LogP contribution < -0.4 is 10.4 Å². The molecule has 0 saturated carbocycles. The van der Waals surface area contributed by atoms with Crippen molar-refractivity contribution in [3.8, 4) is 0 Å². The molecule has 1 N–H and O–H groups in total. The molecule has 0 aromatic carbocycles. The van der Waals surface area contributed by atoms with E-state index in [0.29, 0.717) is 13.0 Å². The van der Waals surface area contributed by atoms with E-state index >= 15 is 0 Å². The molecule has 6 heteroatoms. The van der Waals surface area contributed by atoms with Crippen molar-refractivity contribution in [1.82, 2.24) is 10.2 Å². The molecule has 1 aliphatic rings. The number of nitrogens with one attached hydrogen (secondary N) is 1. The quantitative estimate of drug-likeness (QED) is 0.750. The summed E-state index contributed by atoms with van der Waals surface area (Å²) in [5.74, 6) is 0. The summed E-state index contributed by atoms with van der Waals surface area (Å²) in [5, 5.41) is 13.6. The second-order valence-electron chi connectivity index (χ2n) is 5.98. The zero-order chi connectivity index (χ0) is 14.0. The Kier molecular flexibility index (Phi) is 4.09. The maximum Gasteiger partial charge on any atom is 0.408 e. The Morgan fingerprint density at radius 1 is 1.39 bits per heavy atom. The summed E-state index contributed by atoms with van der Waals surface area (Å²) in [6.07, 6.45) is -0.312. The van der Waals surface area contributed by atoms with Crippen LogP contribution in [0.2, 0.25) is 0 Å². The van der Waals surface area contributed by atoms with Gasteiger partial charge in [0.2, 0.25) is 0 Å². The molecule has 0 bridgehead atoms. The molecular formula is C12H21N2O4-. The van der Waals surface area contributed by atoms with E-state index in [-0.39, 0.29) is 6.54 Å². The molecule has 0 aliphatic carbocycles. The fourth-order valence-corrected chi connectivity index (χ4v) is 2.05. The van der Waals surface area contributed by atoms with Gasteiger partial charge in [-0.05, 0) is 40.5 Å². The van der Waals surface area contributed by atoms with Crippen LogP contribution in [0.15, 0.2) is 0 Å². The molecule has 1 atom stereocenters. The van der Waals surface area contributed by atoms with Crippen LogP contribution in [0.5, 0.6) is 0 Å². The zero-order valence-corrected chi connectivity index (χ0v) is 11.4. The van der Waals surface area contributed by atoms with Crippen LogP contribution >= 0.6 is 0 Å². The van der Waals surface area contributed by atoms with Gasteiger partial charge in [0.25, 0.3) is 0 Å². The van der Waals surface area contributed by atoms with Crippen molar-refractivity contribution in [2.24, 2.45) is 0 Å². The van der Waals surface area contributed by atoms with Gasteiger partial charge in [0.15, 0.2) is 0 Å². The normalized spacial score (nSPS) is 24.6. The number of piperidine rings is 1. The van der Waals surface area contributed by atoms with Gasteiger partial charge in [-0.2, -0.15) is 0 Å². The van der Waals surface area contributed by atoms with Crippen LogP contribution in [-0.4, -0.2) is 41.3 Å². The first-order valence-electron chi connectivity index (χ1n) is 6.08. The highest BCUT2D eigenvalue weighted by Gasteiger charge is 2.33. The molecule has 1 saturated heterocycles. The molecule has 0 aromatic heterocycles. The number of ether oxygens (including phenoxy) is 1. The third-order valence-electron chi connectivity index (χ3n) is 2.76. The summed E-state index contributed by atoms with van der Waals surface area (Å²) < 4.78 is 5.17. The Morgan fingerprint density at radius 2 is 2.00 bits per heavy atom. The number of likely N-dealkylation sites (tertiary alicyclic amines) is 1. The van der Waals surface area contributed by atoms with Crippen LogP contribution in [0.25, 0.3) is 0 Å². The van der Waals surface area contributed by atoms with Crippen molar-refractivity contribution in [3.05, 3.63) is 0 Å². The minimum Gasteiger partial charge on any atom is -0.530 e. The first-order valence-corrected chi connectivity index (χ1v) is 6.08. The van der Waals surface area contributed by atoms with Gasteiger partial charge in [-0.15, -0.1) is 0 Å². The summed E-state index contributed by atoms with van der Waals surface area (Å²) in [7, 11) is 0. The van der Waals surface area contributed by atoms with Crippen LogP contribution in [0, 0.1) is 0 Å². The summed E-state index contributed by atoms with van der Waals surface area (Å²) >= 11 is 0. The lowest BCUT2D eigenvalue weighted by Gasteiger charge is -2.42. The predicted octanol–water partition coefficient (Wildman–Crippen LogP) is 0.709. The number of alkyl carbamates (subject to hydrolysis) is 1. The number of hydrogen-bond acceptors (Lipinski definition) is 4. The Hall–Kier alpha value is -1.46. The van der Waals surface area contributed by atoms with Gasteiger partial charge >= 0.3 is 6.09 Å².